The molecule has 0 bridgehead atoms. The quantitative estimate of drug-likeness (QED) is 0.466. The Morgan fingerprint density at radius 1 is 1.58 bits per heavy atom. The Labute approximate surface area is 82.7 Å². The molecule has 1 rings (SSSR count). The summed E-state index contributed by atoms with van der Waals surface area (Å²) in [5.41, 5.74) is 0.874. The summed E-state index contributed by atoms with van der Waals surface area (Å²) in [5, 5.41) is 1.91. The standard InChI is InChI=1S/C8H7BrO2S/c1-5-2-3-12-8(5)7(11)6(10)4-9/h2-3H,4H2,1H3. The van der Waals surface area contributed by atoms with E-state index < -0.39 is 0 Å². The summed E-state index contributed by atoms with van der Waals surface area (Å²) in [4.78, 5) is 22.8. The van der Waals surface area contributed by atoms with Crippen molar-refractivity contribution in [2.45, 2.75) is 6.92 Å². The first kappa shape index (κ1) is 9.61. The molecule has 1 heterocycles. The van der Waals surface area contributed by atoms with Gasteiger partial charge in [0.05, 0.1) is 10.2 Å². The zero-order valence-electron chi connectivity index (χ0n) is 6.46. The van der Waals surface area contributed by atoms with Crippen molar-refractivity contribution in [3.63, 3.8) is 0 Å². The summed E-state index contributed by atoms with van der Waals surface area (Å²) < 4.78 is 0. The molecule has 12 heavy (non-hydrogen) atoms. The zero-order valence-corrected chi connectivity index (χ0v) is 8.87. The van der Waals surface area contributed by atoms with Crippen LogP contribution < -0.4 is 0 Å². The van der Waals surface area contributed by atoms with E-state index in [1.807, 2.05) is 18.4 Å². The van der Waals surface area contributed by atoms with Gasteiger partial charge in [-0.3, -0.25) is 9.59 Å². The number of Topliss-reactive ketones (excluding diaryl/α,β-unsaturated/α-hetero) is 2. The van der Waals surface area contributed by atoms with Gasteiger partial charge >= 0.3 is 0 Å². The summed E-state index contributed by atoms with van der Waals surface area (Å²) in [5.74, 6) is -0.778. The summed E-state index contributed by atoms with van der Waals surface area (Å²) >= 11 is 4.27. The number of halogens is 1. The molecule has 2 nitrogen and oxygen atoms in total. The van der Waals surface area contributed by atoms with Crippen molar-refractivity contribution in [3.8, 4) is 0 Å². The second-order valence-corrected chi connectivity index (χ2v) is 3.80. The van der Waals surface area contributed by atoms with Crippen LogP contribution in [0, 0.1) is 6.92 Å². The van der Waals surface area contributed by atoms with E-state index in [9.17, 15) is 9.59 Å². The second kappa shape index (κ2) is 3.96. The number of hydrogen-bond acceptors (Lipinski definition) is 3. The molecule has 0 unspecified atom stereocenters. The summed E-state index contributed by atoms with van der Waals surface area (Å²) in [7, 11) is 0. The molecule has 0 aliphatic heterocycles. The molecule has 1 aromatic rings. The van der Waals surface area contributed by atoms with Crippen LogP contribution in [0.2, 0.25) is 0 Å². The molecule has 0 aliphatic carbocycles. The van der Waals surface area contributed by atoms with Crippen LogP contribution in [-0.4, -0.2) is 16.9 Å². The fourth-order valence-electron chi connectivity index (χ4n) is 0.793. The van der Waals surface area contributed by atoms with Crippen molar-refractivity contribution in [1.29, 1.82) is 0 Å². The smallest absolute Gasteiger partial charge is 0.239 e. The van der Waals surface area contributed by atoms with Crippen molar-refractivity contribution in [1.82, 2.24) is 0 Å². The third-order valence-electron chi connectivity index (χ3n) is 1.44. The Bertz CT molecular complexity index is 317. The van der Waals surface area contributed by atoms with Crippen molar-refractivity contribution >= 4 is 38.8 Å². The van der Waals surface area contributed by atoms with E-state index in [0.29, 0.717) is 4.88 Å². The normalized spacial score (nSPS) is 9.83. The van der Waals surface area contributed by atoms with Gasteiger partial charge in [0.15, 0.2) is 0 Å². The Kier molecular flexibility index (Phi) is 3.17. The molecular weight excluding hydrogens is 240 g/mol. The molecule has 0 atom stereocenters. The monoisotopic (exact) mass is 246 g/mol. The van der Waals surface area contributed by atoms with E-state index in [1.165, 1.54) is 11.3 Å². The van der Waals surface area contributed by atoms with Gasteiger partial charge in [0, 0.05) is 0 Å². The van der Waals surface area contributed by atoms with Crippen LogP contribution >= 0.6 is 27.3 Å². The van der Waals surface area contributed by atoms with Gasteiger partial charge < -0.3 is 0 Å². The van der Waals surface area contributed by atoms with Crippen LogP contribution in [-0.2, 0) is 4.79 Å². The van der Waals surface area contributed by atoms with Crippen molar-refractivity contribution in [3.05, 3.63) is 21.9 Å². The van der Waals surface area contributed by atoms with Crippen molar-refractivity contribution < 1.29 is 9.59 Å². The molecule has 0 aliphatic rings. The Morgan fingerprint density at radius 2 is 2.25 bits per heavy atom. The summed E-state index contributed by atoms with van der Waals surface area (Å²) in [6, 6.07) is 1.83. The molecule has 4 heteroatoms. The van der Waals surface area contributed by atoms with Crippen LogP contribution in [0.1, 0.15) is 15.2 Å². The minimum atomic E-state index is -0.389. The molecule has 0 aromatic carbocycles. The van der Waals surface area contributed by atoms with Gasteiger partial charge in [-0.1, -0.05) is 15.9 Å². The first-order chi connectivity index (χ1) is 5.66. The Balaban J connectivity index is 2.93. The lowest BCUT2D eigenvalue weighted by Gasteiger charge is -1.93. The lowest BCUT2D eigenvalue weighted by molar-refractivity contribution is -0.112. The van der Waals surface area contributed by atoms with Gasteiger partial charge in [-0.05, 0) is 23.9 Å². The predicted molar refractivity (Wildman–Crippen MR) is 52.2 cm³/mol. The van der Waals surface area contributed by atoms with Gasteiger partial charge in [-0.25, -0.2) is 0 Å². The molecule has 1 aromatic heterocycles. The fraction of sp³-hybridized carbons (Fsp3) is 0.250. The van der Waals surface area contributed by atoms with Crippen LogP contribution in [0.4, 0.5) is 0 Å². The lowest BCUT2D eigenvalue weighted by Crippen LogP contribution is -2.14. The summed E-state index contributed by atoms with van der Waals surface area (Å²) in [6.45, 7) is 1.82. The number of carbonyl (C=O) groups excluding carboxylic acids is 2. The Hall–Kier alpha value is -0.480. The van der Waals surface area contributed by atoms with E-state index in [2.05, 4.69) is 15.9 Å². The van der Waals surface area contributed by atoms with Gasteiger partial charge in [0.2, 0.25) is 11.6 Å². The van der Waals surface area contributed by atoms with Gasteiger partial charge in [-0.2, -0.15) is 0 Å². The van der Waals surface area contributed by atoms with Crippen molar-refractivity contribution in [2.24, 2.45) is 0 Å². The molecule has 0 N–H and O–H groups in total. The first-order valence-corrected chi connectivity index (χ1v) is 5.34. The fourth-order valence-corrected chi connectivity index (χ4v) is 1.93. The van der Waals surface area contributed by atoms with Crippen LogP contribution in [0.15, 0.2) is 11.4 Å². The lowest BCUT2D eigenvalue weighted by atomic mass is 10.2. The van der Waals surface area contributed by atoms with E-state index in [1.54, 1.807) is 0 Å². The van der Waals surface area contributed by atoms with Gasteiger partial charge in [0.1, 0.15) is 0 Å². The zero-order chi connectivity index (χ0) is 9.14. The number of alkyl halides is 1. The molecule has 64 valence electrons. The van der Waals surface area contributed by atoms with E-state index in [0.717, 1.165) is 5.56 Å². The highest BCUT2D eigenvalue weighted by molar-refractivity contribution is 9.09. The third kappa shape index (κ3) is 1.81. The van der Waals surface area contributed by atoms with Gasteiger partial charge in [-0.15, -0.1) is 11.3 Å². The van der Waals surface area contributed by atoms with E-state index in [-0.39, 0.29) is 16.9 Å². The number of ketones is 2. The molecule has 0 fully saturated rings. The second-order valence-electron chi connectivity index (χ2n) is 2.32. The third-order valence-corrected chi connectivity index (χ3v) is 2.97. The molecule has 0 saturated carbocycles. The molecule has 0 amide bonds. The molecule has 0 radical (unpaired) electrons. The number of carbonyl (C=O) groups is 2. The highest BCUT2D eigenvalue weighted by atomic mass is 79.9. The molecule has 0 spiro atoms. The molecule has 0 saturated heterocycles. The number of hydrogen-bond donors (Lipinski definition) is 0. The number of thiophene rings is 1. The maximum atomic E-state index is 11.3. The van der Waals surface area contributed by atoms with E-state index >= 15 is 0 Å². The molecular formula is C8H7BrO2S. The minimum absolute atomic E-state index is 0.100. The topological polar surface area (TPSA) is 34.1 Å². The maximum Gasteiger partial charge on any atom is 0.239 e. The SMILES string of the molecule is Cc1ccsc1C(=O)C(=O)CBr. The van der Waals surface area contributed by atoms with Gasteiger partial charge in [0.25, 0.3) is 0 Å². The average Bonchev–Trinajstić information content (AvgIpc) is 2.48. The maximum absolute atomic E-state index is 11.3. The first-order valence-electron chi connectivity index (χ1n) is 3.34. The van der Waals surface area contributed by atoms with Crippen LogP contribution in [0.25, 0.3) is 0 Å². The highest BCUT2D eigenvalue weighted by Gasteiger charge is 2.17. The van der Waals surface area contributed by atoms with E-state index in [4.69, 9.17) is 0 Å². The average molecular weight is 247 g/mol. The largest absolute Gasteiger partial charge is 0.289 e. The van der Waals surface area contributed by atoms with Crippen LogP contribution in [0.5, 0.6) is 0 Å². The van der Waals surface area contributed by atoms with Crippen LogP contribution in [0.3, 0.4) is 0 Å². The number of rotatable bonds is 3. The predicted octanol–water partition coefficient (Wildman–Crippen LogP) is 2.20. The minimum Gasteiger partial charge on any atom is -0.289 e. The summed E-state index contributed by atoms with van der Waals surface area (Å²) in [6.07, 6.45) is 0. The number of aryl methyl sites for hydroxylation is 1. The highest BCUT2D eigenvalue weighted by Crippen LogP contribution is 2.16. The van der Waals surface area contributed by atoms with Crippen molar-refractivity contribution in [2.75, 3.05) is 5.33 Å². The Morgan fingerprint density at radius 3 is 2.67 bits per heavy atom.